The summed E-state index contributed by atoms with van der Waals surface area (Å²) in [7, 11) is 1.42. The standard InChI is InChI=1S/C25H23N3O2.C14H13N3/c1-30-25(29)22-13-21(19-7-8-19)15-26-23(22)12-18-11-20-9-10-28(24(20)27-14-18)16-17-5-3-2-4-6-17;15-13-8-12-6-7-17(14(12)16-9-13)10-11-4-2-1-3-5-11/h2-6,9-11,13-15,19H,7-8,12,16H2,1H3;1-9H,10,15H2. The molecule has 8 rings (SSSR count). The predicted molar refractivity (Wildman–Crippen MR) is 185 cm³/mol. The van der Waals surface area contributed by atoms with E-state index >= 15 is 0 Å². The zero-order chi connectivity index (χ0) is 32.2. The van der Waals surface area contributed by atoms with E-state index in [1.54, 1.807) is 6.20 Å². The zero-order valence-electron chi connectivity index (χ0n) is 26.3. The Morgan fingerprint density at radius 2 is 1.34 bits per heavy atom. The summed E-state index contributed by atoms with van der Waals surface area (Å²) >= 11 is 0. The number of pyridine rings is 3. The van der Waals surface area contributed by atoms with Gasteiger partial charge in [0, 0.05) is 55.1 Å². The Balaban J connectivity index is 0.000000174. The largest absolute Gasteiger partial charge is 0.465 e. The first-order valence-corrected chi connectivity index (χ1v) is 15.8. The molecule has 0 aliphatic heterocycles. The number of ether oxygens (including phenoxy) is 1. The van der Waals surface area contributed by atoms with Crippen molar-refractivity contribution in [2.24, 2.45) is 0 Å². The van der Waals surface area contributed by atoms with E-state index in [0.717, 1.165) is 52.0 Å². The number of benzene rings is 2. The van der Waals surface area contributed by atoms with Crippen molar-refractivity contribution in [1.29, 1.82) is 0 Å². The highest BCUT2D eigenvalue weighted by Crippen LogP contribution is 2.40. The van der Waals surface area contributed by atoms with Crippen molar-refractivity contribution in [3.8, 4) is 0 Å². The second kappa shape index (κ2) is 13.3. The third-order valence-electron chi connectivity index (χ3n) is 8.49. The molecular weight excluding hydrogens is 584 g/mol. The molecule has 2 aromatic carbocycles. The van der Waals surface area contributed by atoms with Crippen LogP contribution >= 0.6 is 0 Å². The van der Waals surface area contributed by atoms with Gasteiger partial charge in [-0.2, -0.15) is 0 Å². The van der Waals surface area contributed by atoms with Gasteiger partial charge in [-0.05, 0) is 71.3 Å². The van der Waals surface area contributed by atoms with Gasteiger partial charge in [0.15, 0.2) is 0 Å². The molecule has 234 valence electrons. The molecule has 5 heterocycles. The molecule has 1 fully saturated rings. The average Bonchev–Trinajstić information content (AvgIpc) is 3.78. The fraction of sp³-hybridized carbons (Fsp3) is 0.179. The summed E-state index contributed by atoms with van der Waals surface area (Å²) in [5.74, 6) is 0.209. The van der Waals surface area contributed by atoms with Gasteiger partial charge in [-0.25, -0.2) is 14.8 Å². The van der Waals surface area contributed by atoms with Gasteiger partial charge in [0.05, 0.1) is 30.3 Å². The first-order valence-electron chi connectivity index (χ1n) is 15.8. The summed E-state index contributed by atoms with van der Waals surface area (Å²) in [5.41, 5.74) is 14.3. The Morgan fingerprint density at radius 3 is 1.94 bits per heavy atom. The lowest BCUT2D eigenvalue weighted by atomic mass is 10.0. The van der Waals surface area contributed by atoms with Crippen LogP contribution in [0.4, 0.5) is 5.69 Å². The van der Waals surface area contributed by atoms with E-state index in [4.69, 9.17) is 15.5 Å². The number of methoxy groups -OCH3 is 1. The summed E-state index contributed by atoms with van der Waals surface area (Å²) in [4.78, 5) is 26.0. The average molecular weight is 621 g/mol. The summed E-state index contributed by atoms with van der Waals surface area (Å²) in [5, 5.41) is 2.17. The van der Waals surface area contributed by atoms with Crippen LogP contribution in [0, 0.1) is 0 Å². The number of hydrogen-bond donors (Lipinski definition) is 1. The minimum atomic E-state index is -0.331. The third kappa shape index (κ3) is 6.92. The van der Waals surface area contributed by atoms with E-state index in [2.05, 4.69) is 61.7 Å². The molecule has 0 radical (unpaired) electrons. The van der Waals surface area contributed by atoms with E-state index in [1.165, 1.54) is 31.1 Å². The van der Waals surface area contributed by atoms with Crippen molar-refractivity contribution in [3.05, 3.63) is 155 Å². The van der Waals surface area contributed by atoms with Crippen LogP contribution in [0.1, 0.15) is 57.1 Å². The van der Waals surface area contributed by atoms with Gasteiger partial charge in [0.25, 0.3) is 0 Å². The number of esters is 1. The number of aromatic nitrogens is 5. The number of hydrogen-bond acceptors (Lipinski definition) is 6. The van der Waals surface area contributed by atoms with Gasteiger partial charge in [0.2, 0.25) is 0 Å². The normalized spacial score (nSPS) is 12.5. The highest BCUT2D eigenvalue weighted by Gasteiger charge is 2.26. The molecule has 1 saturated carbocycles. The van der Waals surface area contributed by atoms with Gasteiger partial charge in [-0.1, -0.05) is 60.7 Å². The lowest BCUT2D eigenvalue weighted by molar-refractivity contribution is 0.0599. The SMILES string of the molecule is COC(=O)c1cc(C2CC2)cnc1Cc1cnc2c(ccn2Cc2ccccc2)c1.Nc1cnc2c(ccn2Cc2ccccc2)c1. The number of anilines is 1. The van der Waals surface area contributed by atoms with Crippen LogP contribution in [0.2, 0.25) is 0 Å². The van der Waals surface area contributed by atoms with Crippen LogP contribution in [0.25, 0.3) is 22.1 Å². The fourth-order valence-corrected chi connectivity index (χ4v) is 5.90. The molecule has 2 N–H and O–H groups in total. The Labute approximate surface area is 273 Å². The zero-order valence-corrected chi connectivity index (χ0v) is 26.3. The van der Waals surface area contributed by atoms with Crippen LogP contribution in [0.15, 0.2) is 122 Å². The third-order valence-corrected chi connectivity index (χ3v) is 8.49. The summed E-state index contributed by atoms with van der Waals surface area (Å²) in [6, 6.07) is 30.9. The summed E-state index contributed by atoms with van der Waals surface area (Å²) < 4.78 is 9.28. The molecular formula is C39H36N6O2. The molecule has 1 aliphatic carbocycles. The lowest BCUT2D eigenvalue weighted by Gasteiger charge is -2.10. The molecule has 0 atom stereocenters. The smallest absolute Gasteiger partial charge is 0.339 e. The fourth-order valence-electron chi connectivity index (χ4n) is 5.90. The molecule has 7 aromatic rings. The van der Waals surface area contributed by atoms with Crippen molar-refractivity contribution in [2.45, 2.75) is 38.3 Å². The molecule has 1 aliphatic rings. The van der Waals surface area contributed by atoms with Crippen molar-refractivity contribution in [2.75, 3.05) is 12.8 Å². The Kier molecular flexibility index (Phi) is 8.47. The van der Waals surface area contributed by atoms with Crippen molar-refractivity contribution in [1.82, 2.24) is 24.1 Å². The number of nitrogens with zero attached hydrogens (tertiary/aromatic N) is 5. The molecule has 8 heteroatoms. The first kappa shape index (κ1) is 29.9. The van der Waals surface area contributed by atoms with E-state index in [0.29, 0.717) is 23.6 Å². The number of nitrogen functional groups attached to an aromatic ring is 1. The predicted octanol–water partition coefficient (Wildman–Crippen LogP) is 7.40. The number of rotatable bonds is 8. The van der Waals surface area contributed by atoms with Crippen molar-refractivity contribution in [3.63, 3.8) is 0 Å². The second-order valence-corrected chi connectivity index (χ2v) is 12.0. The van der Waals surface area contributed by atoms with Gasteiger partial charge < -0.3 is 19.6 Å². The quantitative estimate of drug-likeness (QED) is 0.178. The summed E-state index contributed by atoms with van der Waals surface area (Å²) in [6.07, 6.45) is 12.5. The van der Waals surface area contributed by atoms with Crippen molar-refractivity contribution < 1.29 is 9.53 Å². The Morgan fingerprint density at radius 1 is 0.745 bits per heavy atom. The van der Waals surface area contributed by atoms with E-state index < -0.39 is 0 Å². The summed E-state index contributed by atoms with van der Waals surface area (Å²) in [6.45, 7) is 1.62. The van der Waals surface area contributed by atoms with E-state index in [1.807, 2.05) is 73.2 Å². The van der Waals surface area contributed by atoms with Gasteiger partial charge in [-0.3, -0.25) is 4.98 Å². The minimum Gasteiger partial charge on any atom is -0.465 e. The maximum absolute atomic E-state index is 12.3. The number of carbonyl (C=O) groups is 1. The lowest BCUT2D eigenvalue weighted by Crippen LogP contribution is -2.09. The maximum Gasteiger partial charge on any atom is 0.339 e. The Bertz CT molecular complexity index is 2150. The topological polar surface area (TPSA) is 101 Å². The Hall–Kier alpha value is -5.76. The van der Waals surface area contributed by atoms with Crippen molar-refractivity contribution >= 4 is 33.7 Å². The van der Waals surface area contributed by atoms with E-state index in [9.17, 15) is 4.79 Å². The molecule has 0 saturated heterocycles. The highest BCUT2D eigenvalue weighted by molar-refractivity contribution is 5.91. The molecule has 0 unspecified atom stereocenters. The van der Waals surface area contributed by atoms with Crippen LogP contribution in [-0.2, 0) is 24.2 Å². The van der Waals surface area contributed by atoms with Gasteiger partial charge in [-0.15, -0.1) is 0 Å². The molecule has 0 spiro atoms. The maximum atomic E-state index is 12.3. The first-order chi connectivity index (χ1) is 23.0. The minimum absolute atomic E-state index is 0.331. The molecule has 5 aromatic heterocycles. The van der Waals surface area contributed by atoms with Crippen LogP contribution in [0.5, 0.6) is 0 Å². The molecule has 47 heavy (non-hydrogen) atoms. The monoisotopic (exact) mass is 620 g/mol. The van der Waals surface area contributed by atoms with E-state index in [-0.39, 0.29) is 5.97 Å². The number of fused-ring (bicyclic) bond motifs is 2. The van der Waals surface area contributed by atoms with Gasteiger partial charge >= 0.3 is 5.97 Å². The van der Waals surface area contributed by atoms with Crippen LogP contribution in [-0.4, -0.2) is 37.2 Å². The molecule has 0 bridgehead atoms. The van der Waals surface area contributed by atoms with Crippen LogP contribution < -0.4 is 5.73 Å². The van der Waals surface area contributed by atoms with Crippen LogP contribution in [0.3, 0.4) is 0 Å². The number of nitrogens with two attached hydrogens (primary N) is 1. The molecule has 8 nitrogen and oxygen atoms in total. The molecule has 0 amide bonds. The second-order valence-electron chi connectivity index (χ2n) is 12.0. The number of carbonyl (C=O) groups excluding carboxylic acids is 1. The highest BCUT2D eigenvalue weighted by atomic mass is 16.5. The van der Waals surface area contributed by atoms with Gasteiger partial charge in [0.1, 0.15) is 11.3 Å².